The zero-order valence-electron chi connectivity index (χ0n) is 13.4. The number of hydrogen-bond acceptors (Lipinski definition) is 4. The summed E-state index contributed by atoms with van der Waals surface area (Å²) < 4.78 is 5.67. The highest BCUT2D eigenvalue weighted by atomic mass is 16.5. The fourth-order valence-electron chi connectivity index (χ4n) is 3.23. The van der Waals surface area contributed by atoms with Gasteiger partial charge in [-0.1, -0.05) is 13.8 Å². The topological polar surface area (TPSA) is 61.9 Å². The molecule has 0 aromatic heterocycles. The molecule has 0 unspecified atom stereocenters. The van der Waals surface area contributed by atoms with E-state index in [9.17, 15) is 9.59 Å². The molecule has 0 aliphatic carbocycles. The van der Waals surface area contributed by atoms with Crippen molar-refractivity contribution in [2.75, 3.05) is 46.4 Å². The number of likely N-dealkylation sites (N-methyl/N-ethyl adjacent to an activating group) is 1. The summed E-state index contributed by atoms with van der Waals surface area (Å²) in [6.45, 7) is 7.92. The smallest absolute Gasteiger partial charge is 0.233 e. The third-order valence-corrected chi connectivity index (χ3v) is 4.66. The van der Waals surface area contributed by atoms with Gasteiger partial charge in [-0.25, -0.2) is 0 Å². The predicted molar refractivity (Wildman–Crippen MR) is 79.8 cm³/mol. The van der Waals surface area contributed by atoms with Gasteiger partial charge in [-0.15, -0.1) is 0 Å². The Balaban J connectivity index is 2.00. The van der Waals surface area contributed by atoms with Crippen molar-refractivity contribution in [2.24, 2.45) is 5.92 Å². The molecule has 2 saturated heterocycles. The van der Waals surface area contributed by atoms with Gasteiger partial charge in [-0.05, 0) is 12.8 Å². The van der Waals surface area contributed by atoms with Crippen LogP contribution < -0.4 is 5.32 Å². The summed E-state index contributed by atoms with van der Waals surface area (Å²) in [6.07, 6.45) is 1.75. The van der Waals surface area contributed by atoms with Crippen molar-refractivity contribution in [2.45, 2.75) is 32.2 Å². The Bertz CT molecular complexity index is 390. The molecule has 21 heavy (non-hydrogen) atoms. The van der Waals surface area contributed by atoms with E-state index in [1.54, 1.807) is 7.05 Å². The normalized spacial score (nSPS) is 22.6. The minimum Gasteiger partial charge on any atom is -0.378 e. The van der Waals surface area contributed by atoms with Crippen LogP contribution in [0.15, 0.2) is 0 Å². The number of nitrogens with one attached hydrogen (secondary N) is 1. The monoisotopic (exact) mass is 297 g/mol. The lowest BCUT2D eigenvalue weighted by Gasteiger charge is -2.51. The van der Waals surface area contributed by atoms with Crippen molar-refractivity contribution in [3.8, 4) is 0 Å². The Kier molecular flexibility index (Phi) is 5.22. The van der Waals surface area contributed by atoms with Gasteiger partial charge in [0.15, 0.2) is 0 Å². The van der Waals surface area contributed by atoms with E-state index in [0.717, 1.165) is 32.5 Å². The van der Waals surface area contributed by atoms with Crippen molar-refractivity contribution < 1.29 is 14.3 Å². The number of amides is 2. The molecular weight excluding hydrogens is 270 g/mol. The first-order valence-electron chi connectivity index (χ1n) is 7.81. The average Bonchev–Trinajstić information content (AvgIpc) is 2.49. The van der Waals surface area contributed by atoms with Gasteiger partial charge >= 0.3 is 0 Å². The van der Waals surface area contributed by atoms with Gasteiger partial charge < -0.3 is 15.0 Å². The number of likely N-dealkylation sites (tertiary alicyclic amines) is 1. The lowest BCUT2D eigenvalue weighted by atomic mass is 9.85. The van der Waals surface area contributed by atoms with Crippen LogP contribution in [0.5, 0.6) is 0 Å². The van der Waals surface area contributed by atoms with Crippen LogP contribution in [0, 0.1) is 5.92 Å². The molecule has 0 aromatic carbocycles. The molecule has 2 fully saturated rings. The molecule has 2 amide bonds. The summed E-state index contributed by atoms with van der Waals surface area (Å²) in [5.41, 5.74) is -0.0848. The van der Waals surface area contributed by atoms with Gasteiger partial charge in [0.25, 0.3) is 0 Å². The van der Waals surface area contributed by atoms with Crippen molar-refractivity contribution in [1.82, 2.24) is 15.1 Å². The van der Waals surface area contributed by atoms with Crippen LogP contribution in [0.1, 0.15) is 26.7 Å². The van der Waals surface area contributed by atoms with E-state index >= 15 is 0 Å². The molecular formula is C15H27N3O3. The van der Waals surface area contributed by atoms with E-state index in [-0.39, 0.29) is 23.3 Å². The third kappa shape index (κ3) is 3.55. The molecule has 1 spiro atoms. The van der Waals surface area contributed by atoms with Crippen LogP contribution in [0.2, 0.25) is 0 Å². The fraction of sp³-hybridized carbons (Fsp3) is 0.867. The highest BCUT2D eigenvalue weighted by Crippen LogP contribution is 2.32. The standard InChI is InChI=1S/C15H27N3O3/c1-12(2)14(20)17-6-4-15(5-7-17)11-21-9-8-18(15)10-13(19)16-3/h12H,4-11H2,1-3H3,(H,16,19). The van der Waals surface area contributed by atoms with Gasteiger partial charge in [0.2, 0.25) is 11.8 Å². The molecule has 0 saturated carbocycles. The van der Waals surface area contributed by atoms with Crippen LogP contribution in [0.3, 0.4) is 0 Å². The number of hydrogen-bond donors (Lipinski definition) is 1. The van der Waals surface area contributed by atoms with Crippen molar-refractivity contribution in [3.05, 3.63) is 0 Å². The van der Waals surface area contributed by atoms with E-state index in [2.05, 4.69) is 10.2 Å². The predicted octanol–water partition coefficient (Wildman–Crippen LogP) is 0.0818. The first-order valence-corrected chi connectivity index (χ1v) is 7.81. The first kappa shape index (κ1) is 16.2. The second-order valence-corrected chi connectivity index (χ2v) is 6.35. The average molecular weight is 297 g/mol. The van der Waals surface area contributed by atoms with Crippen molar-refractivity contribution >= 4 is 11.8 Å². The van der Waals surface area contributed by atoms with E-state index in [1.807, 2.05) is 18.7 Å². The molecule has 120 valence electrons. The largest absolute Gasteiger partial charge is 0.378 e. The molecule has 0 radical (unpaired) electrons. The molecule has 0 bridgehead atoms. The Hall–Kier alpha value is -1.14. The Labute approximate surface area is 126 Å². The summed E-state index contributed by atoms with van der Waals surface area (Å²) in [6, 6.07) is 0. The third-order valence-electron chi connectivity index (χ3n) is 4.66. The molecule has 2 aliphatic heterocycles. The minimum atomic E-state index is -0.0848. The number of ether oxygens (including phenoxy) is 1. The van der Waals surface area contributed by atoms with Crippen LogP contribution >= 0.6 is 0 Å². The molecule has 6 nitrogen and oxygen atoms in total. The number of rotatable bonds is 3. The zero-order chi connectivity index (χ0) is 15.5. The van der Waals surface area contributed by atoms with Gasteiger partial charge in [-0.2, -0.15) is 0 Å². The molecule has 2 aliphatic rings. The number of carbonyl (C=O) groups excluding carboxylic acids is 2. The Morgan fingerprint density at radius 1 is 1.24 bits per heavy atom. The second kappa shape index (κ2) is 6.75. The summed E-state index contributed by atoms with van der Waals surface area (Å²) in [4.78, 5) is 28.0. The number of nitrogens with zero attached hydrogens (tertiary/aromatic N) is 2. The summed E-state index contributed by atoms with van der Waals surface area (Å²) in [5.74, 6) is 0.306. The zero-order valence-corrected chi connectivity index (χ0v) is 13.4. The summed E-state index contributed by atoms with van der Waals surface area (Å²) >= 11 is 0. The minimum absolute atomic E-state index is 0.0389. The van der Waals surface area contributed by atoms with E-state index in [0.29, 0.717) is 19.8 Å². The first-order chi connectivity index (χ1) is 9.98. The maximum atomic E-state index is 12.1. The Morgan fingerprint density at radius 3 is 2.48 bits per heavy atom. The number of morpholine rings is 1. The maximum Gasteiger partial charge on any atom is 0.233 e. The van der Waals surface area contributed by atoms with Gasteiger partial charge in [0, 0.05) is 38.1 Å². The molecule has 1 N–H and O–H groups in total. The van der Waals surface area contributed by atoms with Crippen LogP contribution in [-0.2, 0) is 14.3 Å². The van der Waals surface area contributed by atoms with Crippen molar-refractivity contribution in [1.29, 1.82) is 0 Å². The molecule has 6 heteroatoms. The molecule has 2 rings (SSSR count). The maximum absolute atomic E-state index is 12.1. The second-order valence-electron chi connectivity index (χ2n) is 6.35. The summed E-state index contributed by atoms with van der Waals surface area (Å²) in [7, 11) is 1.67. The highest BCUT2D eigenvalue weighted by molar-refractivity contribution is 5.78. The SMILES string of the molecule is CNC(=O)CN1CCOCC12CCN(C(=O)C(C)C)CC2. The number of carbonyl (C=O) groups is 2. The van der Waals surface area contributed by atoms with Gasteiger partial charge in [0.1, 0.15) is 0 Å². The van der Waals surface area contributed by atoms with E-state index < -0.39 is 0 Å². The van der Waals surface area contributed by atoms with Crippen molar-refractivity contribution in [3.63, 3.8) is 0 Å². The van der Waals surface area contributed by atoms with Crippen LogP contribution in [0.4, 0.5) is 0 Å². The lowest BCUT2D eigenvalue weighted by molar-refractivity contribution is -0.144. The fourth-order valence-corrected chi connectivity index (χ4v) is 3.23. The molecule has 0 atom stereocenters. The molecule has 0 aromatic rings. The van der Waals surface area contributed by atoms with Gasteiger partial charge in [0.05, 0.1) is 19.8 Å². The molecule has 2 heterocycles. The quantitative estimate of drug-likeness (QED) is 0.801. The highest BCUT2D eigenvalue weighted by Gasteiger charge is 2.43. The van der Waals surface area contributed by atoms with Crippen LogP contribution in [-0.4, -0.2) is 73.6 Å². The lowest BCUT2D eigenvalue weighted by Crippen LogP contribution is -2.63. The van der Waals surface area contributed by atoms with E-state index in [1.165, 1.54) is 0 Å². The van der Waals surface area contributed by atoms with Gasteiger partial charge in [-0.3, -0.25) is 14.5 Å². The number of piperidine rings is 1. The van der Waals surface area contributed by atoms with Crippen LogP contribution in [0.25, 0.3) is 0 Å². The Morgan fingerprint density at radius 2 is 1.90 bits per heavy atom. The van der Waals surface area contributed by atoms with E-state index in [4.69, 9.17) is 4.74 Å². The summed E-state index contributed by atoms with van der Waals surface area (Å²) in [5, 5.41) is 2.69.